The Bertz CT molecular complexity index is 1250. The molecule has 1 atom stereocenters. The number of amides is 2. The molecule has 0 heterocycles. The van der Waals surface area contributed by atoms with Gasteiger partial charge in [-0.3, -0.25) is 13.9 Å². The summed E-state index contributed by atoms with van der Waals surface area (Å²) in [6, 6.07) is 25.1. The Morgan fingerprint density at radius 2 is 1.39 bits per heavy atom. The van der Waals surface area contributed by atoms with Gasteiger partial charge < -0.3 is 10.2 Å². The van der Waals surface area contributed by atoms with Crippen molar-refractivity contribution in [2.45, 2.75) is 32.4 Å². The maximum absolute atomic E-state index is 13.8. The Kier molecular flexibility index (Phi) is 9.25. The summed E-state index contributed by atoms with van der Waals surface area (Å²) in [5.74, 6) is -0.783. The largest absolute Gasteiger partial charge is 0.357 e. The van der Waals surface area contributed by atoms with Crippen molar-refractivity contribution < 1.29 is 18.0 Å². The standard InChI is InChI=1S/C28H33N3O4S/c1-4-22-15-17-25(18-16-22)31(36(3,34)35)21-27(32)30(20-24-13-9-6-10-14-24)26(28(33)29-2)19-23-11-7-5-8-12-23/h5-18,26H,4,19-21H2,1-3H3,(H,29,33)/t26-/m1/s1. The lowest BCUT2D eigenvalue weighted by atomic mass is 10.0. The molecule has 8 heteroatoms. The number of anilines is 1. The van der Waals surface area contributed by atoms with Crippen molar-refractivity contribution in [2.24, 2.45) is 0 Å². The number of rotatable bonds is 11. The zero-order valence-corrected chi connectivity index (χ0v) is 21.7. The van der Waals surface area contributed by atoms with E-state index >= 15 is 0 Å². The highest BCUT2D eigenvalue weighted by Gasteiger charge is 2.32. The van der Waals surface area contributed by atoms with Crippen LogP contribution in [0.3, 0.4) is 0 Å². The second kappa shape index (κ2) is 12.4. The molecule has 3 rings (SSSR count). The fourth-order valence-corrected chi connectivity index (χ4v) is 4.86. The average molecular weight is 508 g/mol. The molecule has 0 spiro atoms. The van der Waals surface area contributed by atoms with Crippen LogP contribution in [0, 0.1) is 0 Å². The number of likely N-dealkylation sites (N-methyl/N-ethyl adjacent to an activating group) is 1. The molecule has 0 unspecified atom stereocenters. The van der Waals surface area contributed by atoms with Gasteiger partial charge in [-0.25, -0.2) is 8.42 Å². The summed E-state index contributed by atoms with van der Waals surface area (Å²) in [6.45, 7) is 1.76. The van der Waals surface area contributed by atoms with Gasteiger partial charge in [0.2, 0.25) is 21.8 Å². The zero-order chi connectivity index (χ0) is 26.1. The van der Waals surface area contributed by atoms with E-state index in [1.54, 1.807) is 12.1 Å². The molecule has 0 saturated carbocycles. The number of aryl methyl sites for hydroxylation is 1. The van der Waals surface area contributed by atoms with Crippen molar-refractivity contribution in [1.82, 2.24) is 10.2 Å². The van der Waals surface area contributed by atoms with Crippen LogP contribution in [0.5, 0.6) is 0 Å². The van der Waals surface area contributed by atoms with E-state index < -0.39 is 28.5 Å². The number of hydrogen-bond acceptors (Lipinski definition) is 4. The smallest absolute Gasteiger partial charge is 0.244 e. The molecular formula is C28H33N3O4S. The topological polar surface area (TPSA) is 86.8 Å². The number of hydrogen-bond donors (Lipinski definition) is 1. The molecule has 0 saturated heterocycles. The van der Waals surface area contributed by atoms with E-state index in [1.807, 2.05) is 79.7 Å². The van der Waals surface area contributed by atoms with Crippen molar-refractivity contribution in [1.29, 1.82) is 0 Å². The number of carbonyl (C=O) groups excluding carboxylic acids is 2. The predicted octanol–water partition coefficient (Wildman–Crippen LogP) is 3.40. The van der Waals surface area contributed by atoms with E-state index in [0.29, 0.717) is 12.1 Å². The first kappa shape index (κ1) is 26.9. The van der Waals surface area contributed by atoms with Crippen molar-refractivity contribution in [2.75, 3.05) is 24.2 Å². The number of nitrogens with zero attached hydrogens (tertiary/aromatic N) is 2. The summed E-state index contributed by atoms with van der Waals surface area (Å²) >= 11 is 0. The highest BCUT2D eigenvalue weighted by atomic mass is 32.2. The van der Waals surface area contributed by atoms with Crippen molar-refractivity contribution in [3.8, 4) is 0 Å². The van der Waals surface area contributed by atoms with Gasteiger partial charge in [-0.2, -0.15) is 0 Å². The third-order valence-corrected chi connectivity index (χ3v) is 7.17. The Morgan fingerprint density at radius 3 is 1.89 bits per heavy atom. The minimum Gasteiger partial charge on any atom is -0.357 e. The second-order valence-electron chi connectivity index (χ2n) is 8.62. The van der Waals surface area contributed by atoms with Crippen LogP contribution in [0.4, 0.5) is 5.69 Å². The monoisotopic (exact) mass is 507 g/mol. The van der Waals surface area contributed by atoms with E-state index in [4.69, 9.17) is 0 Å². The quantitative estimate of drug-likeness (QED) is 0.431. The van der Waals surface area contributed by atoms with Crippen molar-refractivity contribution in [3.63, 3.8) is 0 Å². The molecule has 0 aliphatic rings. The molecule has 1 N–H and O–H groups in total. The van der Waals surface area contributed by atoms with Crippen LogP contribution in [0.15, 0.2) is 84.9 Å². The molecule has 3 aromatic carbocycles. The van der Waals surface area contributed by atoms with E-state index in [2.05, 4.69) is 5.32 Å². The molecule has 190 valence electrons. The lowest BCUT2D eigenvalue weighted by Gasteiger charge is -2.33. The lowest BCUT2D eigenvalue weighted by molar-refractivity contribution is -0.139. The van der Waals surface area contributed by atoms with Crippen LogP contribution in [-0.4, -0.2) is 51.0 Å². The van der Waals surface area contributed by atoms with E-state index in [1.165, 1.54) is 11.9 Å². The molecule has 2 amide bonds. The summed E-state index contributed by atoms with van der Waals surface area (Å²) in [5.41, 5.74) is 3.20. The van der Waals surface area contributed by atoms with Gasteiger partial charge in [0.25, 0.3) is 0 Å². The fraction of sp³-hybridized carbons (Fsp3) is 0.286. The molecule has 36 heavy (non-hydrogen) atoms. The van der Waals surface area contributed by atoms with Crippen LogP contribution in [-0.2, 0) is 39.0 Å². The predicted molar refractivity (Wildman–Crippen MR) is 143 cm³/mol. The first-order valence-corrected chi connectivity index (χ1v) is 13.7. The van der Waals surface area contributed by atoms with Gasteiger partial charge in [0.15, 0.2) is 0 Å². The number of nitrogens with one attached hydrogen (secondary N) is 1. The van der Waals surface area contributed by atoms with Gasteiger partial charge in [0.05, 0.1) is 11.9 Å². The third-order valence-electron chi connectivity index (χ3n) is 6.03. The number of sulfonamides is 1. The molecule has 0 aromatic heterocycles. The van der Waals surface area contributed by atoms with Gasteiger partial charge in [-0.1, -0.05) is 79.7 Å². The van der Waals surface area contributed by atoms with Crippen LogP contribution in [0.25, 0.3) is 0 Å². The minimum absolute atomic E-state index is 0.164. The molecule has 0 bridgehead atoms. The Labute approximate surface area is 213 Å². The zero-order valence-electron chi connectivity index (χ0n) is 20.9. The molecule has 0 radical (unpaired) electrons. The maximum Gasteiger partial charge on any atom is 0.244 e. The van der Waals surface area contributed by atoms with Crippen LogP contribution >= 0.6 is 0 Å². The first-order valence-electron chi connectivity index (χ1n) is 11.9. The van der Waals surface area contributed by atoms with Crippen molar-refractivity contribution in [3.05, 3.63) is 102 Å². The second-order valence-corrected chi connectivity index (χ2v) is 10.5. The third kappa shape index (κ3) is 7.18. The summed E-state index contributed by atoms with van der Waals surface area (Å²) in [5, 5.41) is 2.67. The number of benzene rings is 3. The molecule has 3 aromatic rings. The highest BCUT2D eigenvalue weighted by molar-refractivity contribution is 7.92. The normalized spacial score (nSPS) is 12.0. The van der Waals surface area contributed by atoms with Crippen LogP contribution < -0.4 is 9.62 Å². The van der Waals surface area contributed by atoms with Gasteiger partial charge in [-0.15, -0.1) is 0 Å². The first-order chi connectivity index (χ1) is 17.2. The Morgan fingerprint density at radius 1 is 0.833 bits per heavy atom. The number of carbonyl (C=O) groups is 2. The molecule has 7 nitrogen and oxygen atoms in total. The van der Waals surface area contributed by atoms with Crippen LogP contribution in [0.2, 0.25) is 0 Å². The molecular weight excluding hydrogens is 474 g/mol. The average Bonchev–Trinajstić information content (AvgIpc) is 2.89. The van der Waals surface area contributed by atoms with Crippen molar-refractivity contribution >= 4 is 27.5 Å². The summed E-state index contributed by atoms with van der Waals surface area (Å²) in [6.07, 6.45) is 2.19. The van der Waals surface area contributed by atoms with Crippen LogP contribution in [0.1, 0.15) is 23.6 Å². The van der Waals surface area contributed by atoms with Gasteiger partial charge >= 0.3 is 0 Å². The fourth-order valence-electron chi connectivity index (χ4n) is 4.01. The summed E-state index contributed by atoms with van der Waals surface area (Å²) in [7, 11) is -2.23. The van der Waals surface area contributed by atoms with Gasteiger partial charge in [0.1, 0.15) is 12.6 Å². The van der Waals surface area contributed by atoms with Gasteiger partial charge in [-0.05, 0) is 35.2 Å². The molecule has 0 aliphatic carbocycles. The SMILES string of the molecule is CCc1ccc(N(CC(=O)N(Cc2ccccc2)[C@H](Cc2ccccc2)C(=O)NC)S(C)(=O)=O)cc1. The molecule has 0 aliphatic heterocycles. The maximum atomic E-state index is 13.8. The van der Waals surface area contributed by atoms with E-state index in [9.17, 15) is 18.0 Å². The van der Waals surface area contributed by atoms with E-state index in [0.717, 1.165) is 33.7 Å². The molecule has 0 fully saturated rings. The lowest BCUT2D eigenvalue weighted by Crippen LogP contribution is -2.52. The summed E-state index contributed by atoms with van der Waals surface area (Å²) < 4.78 is 26.6. The Hall–Kier alpha value is -3.65. The Balaban J connectivity index is 1.99. The minimum atomic E-state index is -3.76. The van der Waals surface area contributed by atoms with Gasteiger partial charge in [0, 0.05) is 20.0 Å². The summed E-state index contributed by atoms with van der Waals surface area (Å²) in [4.78, 5) is 28.3. The van der Waals surface area contributed by atoms with E-state index in [-0.39, 0.29) is 12.5 Å². The highest BCUT2D eigenvalue weighted by Crippen LogP contribution is 2.21.